The molecule has 1 atom stereocenters. The molecule has 1 heterocycles. The van der Waals surface area contributed by atoms with Crippen LogP contribution in [0.25, 0.3) is 0 Å². The number of nitrogens with zero attached hydrogens (tertiary/aromatic N) is 2. The third-order valence-electron chi connectivity index (χ3n) is 5.82. The van der Waals surface area contributed by atoms with Gasteiger partial charge in [-0.25, -0.2) is 4.79 Å². The standard InChI is InChI=1S/C21H29N3O2/c25-20(18-9-10-18)23-11-4-12-24(14-13-23)21(26)22-19(17-7-8-17)15-16-5-2-1-3-6-16/h1-3,5-6,17-19H,4,7-15H2,(H,22,26). The monoisotopic (exact) mass is 355 g/mol. The fourth-order valence-corrected chi connectivity index (χ4v) is 3.88. The molecule has 0 radical (unpaired) electrons. The molecule has 0 bridgehead atoms. The van der Waals surface area contributed by atoms with Crippen LogP contribution in [0.15, 0.2) is 30.3 Å². The molecule has 2 saturated carbocycles. The van der Waals surface area contributed by atoms with Crippen molar-refractivity contribution in [2.75, 3.05) is 26.2 Å². The number of benzene rings is 1. The maximum absolute atomic E-state index is 12.8. The third kappa shape index (κ3) is 4.37. The van der Waals surface area contributed by atoms with Gasteiger partial charge in [-0.1, -0.05) is 30.3 Å². The Bertz CT molecular complexity index is 640. The molecular formula is C21H29N3O2. The summed E-state index contributed by atoms with van der Waals surface area (Å²) in [5.74, 6) is 1.17. The number of carbonyl (C=O) groups is 2. The highest BCUT2D eigenvalue weighted by molar-refractivity contribution is 5.81. The van der Waals surface area contributed by atoms with Gasteiger partial charge in [0.15, 0.2) is 0 Å². The van der Waals surface area contributed by atoms with Crippen LogP contribution >= 0.6 is 0 Å². The summed E-state index contributed by atoms with van der Waals surface area (Å²) in [5, 5.41) is 3.29. The molecule has 1 aliphatic heterocycles. The summed E-state index contributed by atoms with van der Waals surface area (Å²) in [6.07, 6.45) is 6.28. The second-order valence-electron chi connectivity index (χ2n) is 8.02. The smallest absolute Gasteiger partial charge is 0.317 e. The zero-order chi connectivity index (χ0) is 17.9. The van der Waals surface area contributed by atoms with E-state index in [4.69, 9.17) is 0 Å². The normalized spacial score (nSPS) is 21.8. The van der Waals surface area contributed by atoms with Crippen molar-refractivity contribution < 1.29 is 9.59 Å². The Labute approximate surface area is 155 Å². The molecule has 0 aromatic heterocycles. The minimum atomic E-state index is 0.0403. The van der Waals surface area contributed by atoms with Gasteiger partial charge in [0.25, 0.3) is 0 Å². The van der Waals surface area contributed by atoms with Crippen molar-refractivity contribution in [2.24, 2.45) is 11.8 Å². The van der Waals surface area contributed by atoms with Crippen LogP contribution in [0.3, 0.4) is 0 Å². The van der Waals surface area contributed by atoms with Gasteiger partial charge in [0.1, 0.15) is 0 Å². The molecule has 3 amide bonds. The van der Waals surface area contributed by atoms with Gasteiger partial charge in [-0.15, -0.1) is 0 Å². The van der Waals surface area contributed by atoms with Gasteiger partial charge < -0.3 is 15.1 Å². The van der Waals surface area contributed by atoms with E-state index in [1.807, 2.05) is 15.9 Å². The third-order valence-corrected chi connectivity index (χ3v) is 5.82. The molecule has 1 unspecified atom stereocenters. The lowest BCUT2D eigenvalue weighted by molar-refractivity contribution is -0.132. The highest BCUT2D eigenvalue weighted by Crippen LogP contribution is 2.34. The first-order valence-corrected chi connectivity index (χ1v) is 10.1. The summed E-state index contributed by atoms with van der Waals surface area (Å²) < 4.78 is 0. The van der Waals surface area contributed by atoms with E-state index >= 15 is 0 Å². The number of nitrogens with one attached hydrogen (secondary N) is 1. The van der Waals surface area contributed by atoms with E-state index in [2.05, 4.69) is 29.6 Å². The molecule has 5 nitrogen and oxygen atoms in total. The summed E-state index contributed by atoms with van der Waals surface area (Å²) in [6.45, 7) is 2.85. The van der Waals surface area contributed by atoms with Crippen molar-refractivity contribution in [3.05, 3.63) is 35.9 Å². The van der Waals surface area contributed by atoms with Gasteiger partial charge in [0.2, 0.25) is 5.91 Å². The molecule has 4 rings (SSSR count). The number of urea groups is 1. The molecule has 1 saturated heterocycles. The molecule has 5 heteroatoms. The van der Waals surface area contributed by atoms with E-state index in [-0.39, 0.29) is 18.0 Å². The van der Waals surface area contributed by atoms with Crippen molar-refractivity contribution in [1.29, 1.82) is 0 Å². The fraction of sp³-hybridized carbons (Fsp3) is 0.619. The lowest BCUT2D eigenvalue weighted by Gasteiger charge is -2.26. The summed E-state index contributed by atoms with van der Waals surface area (Å²) in [7, 11) is 0. The van der Waals surface area contributed by atoms with Crippen molar-refractivity contribution in [2.45, 2.75) is 44.6 Å². The Morgan fingerprint density at radius 1 is 0.962 bits per heavy atom. The molecule has 1 N–H and O–H groups in total. The largest absolute Gasteiger partial charge is 0.341 e. The average Bonchev–Trinajstić information content (AvgIpc) is 3.53. The number of hydrogen-bond acceptors (Lipinski definition) is 2. The van der Waals surface area contributed by atoms with Crippen LogP contribution < -0.4 is 5.32 Å². The minimum absolute atomic E-state index is 0.0403. The summed E-state index contributed by atoms with van der Waals surface area (Å²) in [6, 6.07) is 10.7. The van der Waals surface area contributed by atoms with Crippen molar-refractivity contribution in [3.63, 3.8) is 0 Å². The van der Waals surface area contributed by atoms with E-state index < -0.39 is 0 Å². The average molecular weight is 355 g/mol. The van der Waals surface area contributed by atoms with Gasteiger partial charge in [-0.2, -0.15) is 0 Å². The van der Waals surface area contributed by atoms with E-state index in [0.29, 0.717) is 24.9 Å². The second-order valence-corrected chi connectivity index (χ2v) is 8.02. The topological polar surface area (TPSA) is 52.7 Å². The van der Waals surface area contributed by atoms with Crippen molar-refractivity contribution in [3.8, 4) is 0 Å². The van der Waals surface area contributed by atoms with Gasteiger partial charge in [-0.05, 0) is 50.0 Å². The fourth-order valence-electron chi connectivity index (χ4n) is 3.88. The molecule has 3 fully saturated rings. The highest BCUT2D eigenvalue weighted by atomic mass is 16.2. The zero-order valence-electron chi connectivity index (χ0n) is 15.4. The highest BCUT2D eigenvalue weighted by Gasteiger charge is 2.35. The van der Waals surface area contributed by atoms with Crippen LogP contribution in [0.4, 0.5) is 4.79 Å². The predicted octanol–water partition coefficient (Wildman–Crippen LogP) is 2.66. The molecule has 140 valence electrons. The van der Waals surface area contributed by atoms with Gasteiger partial charge in [0, 0.05) is 38.1 Å². The number of rotatable bonds is 5. The van der Waals surface area contributed by atoms with Crippen LogP contribution in [0, 0.1) is 11.8 Å². The molecule has 2 aliphatic carbocycles. The first-order valence-electron chi connectivity index (χ1n) is 10.1. The molecule has 1 aromatic carbocycles. The Balaban J connectivity index is 1.32. The van der Waals surface area contributed by atoms with Crippen molar-refractivity contribution in [1.82, 2.24) is 15.1 Å². The lowest BCUT2D eigenvalue weighted by Crippen LogP contribution is -2.48. The van der Waals surface area contributed by atoms with Crippen molar-refractivity contribution >= 4 is 11.9 Å². The summed E-state index contributed by atoms with van der Waals surface area (Å²) >= 11 is 0. The Hall–Kier alpha value is -2.04. The molecule has 0 spiro atoms. The predicted molar refractivity (Wildman–Crippen MR) is 101 cm³/mol. The van der Waals surface area contributed by atoms with Gasteiger partial charge in [0.05, 0.1) is 0 Å². The molecular weight excluding hydrogens is 326 g/mol. The molecule has 1 aromatic rings. The number of carbonyl (C=O) groups excluding carboxylic acids is 2. The Morgan fingerprint density at radius 2 is 1.65 bits per heavy atom. The first kappa shape index (κ1) is 17.4. The number of amides is 3. The maximum atomic E-state index is 12.8. The van der Waals surface area contributed by atoms with Gasteiger partial charge in [-0.3, -0.25) is 4.79 Å². The van der Waals surface area contributed by atoms with E-state index in [1.54, 1.807) is 0 Å². The zero-order valence-corrected chi connectivity index (χ0v) is 15.4. The summed E-state index contributed by atoms with van der Waals surface area (Å²) in [5.41, 5.74) is 1.28. The van der Waals surface area contributed by atoms with E-state index in [9.17, 15) is 9.59 Å². The second kappa shape index (κ2) is 7.68. The Morgan fingerprint density at radius 3 is 2.35 bits per heavy atom. The molecule has 3 aliphatic rings. The van der Waals surface area contributed by atoms with E-state index in [0.717, 1.165) is 38.8 Å². The molecule has 26 heavy (non-hydrogen) atoms. The van der Waals surface area contributed by atoms with Crippen LogP contribution in [0.5, 0.6) is 0 Å². The van der Waals surface area contributed by atoms with Gasteiger partial charge >= 0.3 is 6.03 Å². The maximum Gasteiger partial charge on any atom is 0.317 e. The quantitative estimate of drug-likeness (QED) is 0.883. The minimum Gasteiger partial charge on any atom is -0.341 e. The van der Waals surface area contributed by atoms with Crippen LogP contribution in [-0.2, 0) is 11.2 Å². The summed E-state index contributed by atoms with van der Waals surface area (Å²) in [4.78, 5) is 29.0. The van der Waals surface area contributed by atoms with Crippen LogP contribution in [-0.4, -0.2) is 54.0 Å². The Kier molecular flexibility index (Phi) is 5.14. The SMILES string of the molecule is O=C(NC(Cc1ccccc1)C1CC1)N1CCCN(C(=O)C2CC2)CC1. The lowest BCUT2D eigenvalue weighted by atomic mass is 10.0. The number of hydrogen-bond donors (Lipinski definition) is 1. The van der Waals surface area contributed by atoms with E-state index in [1.165, 1.54) is 18.4 Å². The van der Waals surface area contributed by atoms with Crippen LogP contribution in [0.2, 0.25) is 0 Å². The van der Waals surface area contributed by atoms with Crippen LogP contribution in [0.1, 0.15) is 37.7 Å². The first-order chi connectivity index (χ1) is 12.7.